The van der Waals surface area contributed by atoms with Crippen LogP contribution in [0.25, 0.3) is 0 Å². The van der Waals surface area contributed by atoms with Crippen molar-refractivity contribution in [1.82, 2.24) is 10.7 Å². The number of methoxy groups -OCH3 is 1. The van der Waals surface area contributed by atoms with Gasteiger partial charge in [-0.2, -0.15) is 0 Å². The van der Waals surface area contributed by atoms with Crippen molar-refractivity contribution in [2.24, 2.45) is 22.7 Å². The highest BCUT2D eigenvalue weighted by molar-refractivity contribution is 5.79. The number of hydrazine groups is 1. The van der Waals surface area contributed by atoms with Crippen LogP contribution in [0.5, 0.6) is 0 Å². The summed E-state index contributed by atoms with van der Waals surface area (Å²) in [6, 6.07) is 0.566. The zero-order valence-electron chi connectivity index (χ0n) is 9.91. The summed E-state index contributed by atoms with van der Waals surface area (Å²) in [4.78, 5) is 4.32. The Balaban J connectivity index is 1.80. The summed E-state index contributed by atoms with van der Waals surface area (Å²) in [7, 11) is 1.68. The van der Waals surface area contributed by atoms with Crippen LogP contribution in [0.1, 0.15) is 25.7 Å². The molecule has 2 aliphatic carbocycles. The molecule has 0 aromatic carbocycles. The Morgan fingerprint density at radius 2 is 2.31 bits per heavy atom. The topological polar surface area (TPSA) is 71.7 Å². The average Bonchev–Trinajstić information content (AvgIpc) is 2.89. The molecule has 16 heavy (non-hydrogen) atoms. The molecule has 4 N–H and O–H groups in total. The van der Waals surface area contributed by atoms with Gasteiger partial charge in [-0.05, 0) is 31.1 Å². The van der Waals surface area contributed by atoms with Crippen LogP contribution in [0, 0.1) is 11.8 Å². The van der Waals surface area contributed by atoms with Crippen molar-refractivity contribution >= 4 is 5.96 Å². The van der Waals surface area contributed by atoms with Gasteiger partial charge in [0.05, 0.1) is 13.2 Å². The molecule has 2 aliphatic rings. The Labute approximate surface area is 96.8 Å². The average molecular weight is 226 g/mol. The normalized spacial score (nSPS) is 33.1. The van der Waals surface area contributed by atoms with Crippen LogP contribution in [0.2, 0.25) is 0 Å². The van der Waals surface area contributed by atoms with Gasteiger partial charge in [0.2, 0.25) is 5.96 Å². The monoisotopic (exact) mass is 226 g/mol. The summed E-state index contributed by atoms with van der Waals surface area (Å²) >= 11 is 0. The van der Waals surface area contributed by atoms with E-state index in [9.17, 15) is 0 Å². The molecule has 0 amide bonds. The third-order valence-corrected chi connectivity index (χ3v) is 3.76. The number of guanidine groups is 1. The van der Waals surface area contributed by atoms with Gasteiger partial charge in [0.15, 0.2) is 0 Å². The maximum atomic E-state index is 5.45. The van der Waals surface area contributed by atoms with E-state index in [1.807, 2.05) is 0 Å². The number of hydrogen-bond acceptors (Lipinski definition) is 3. The maximum Gasteiger partial charge on any atom is 0.206 e. The lowest BCUT2D eigenvalue weighted by Crippen LogP contribution is -2.48. The van der Waals surface area contributed by atoms with Gasteiger partial charge in [0.1, 0.15) is 0 Å². The lowest BCUT2D eigenvalue weighted by atomic mass is 9.95. The van der Waals surface area contributed by atoms with Crippen LogP contribution in [0.4, 0.5) is 0 Å². The molecule has 0 saturated heterocycles. The molecule has 3 atom stereocenters. The quantitative estimate of drug-likeness (QED) is 0.211. The minimum absolute atomic E-state index is 0.566. The first-order valence-electron chi connectivity index (χ1n) is 6.10. The molecule has 5 nitrogen and oxygen atoms in total. The molecular weight excluding hydrogens is 204 g/mol. The Hall–Kier alpha value is -0.810. The van der Waals surface area contributed by atoms with Crippen molar-refractivity contribution < 1.29 is 4.74 Å². The molecular formula is C11H22N4O. The van der Waals surface area contributed by atoms with E-state index in [-0.39, 0.29) is 0 Å². The number of rotatable bonds is 4. The van der Waals surface area contributed by atoms with Crippen molar-refractivity contribution in [2.75, 3.05) is 20.3 Å². The van der Waals surface area contributed by atoms with Gasteiger partial charge in [-0.25, -0.2) is 10.8 Å². The van der Waals surface area contributed by atoms with E-state index < -0.39 is 0 Å². The Morgan fingerprint density at radius 3 is 2.88 bits per heavy atom. The van der Waals surface area contributed by atoms with Gasteiger partial charge >= 0.3 is 0 Å². The van der Waals surface area contributed by atoms with E-state index in [2.05, 4.69) is 15.7 Å². The van der Waals surface area contributed by atoms with Crippen molar-refractivity contribution in [2.45, 2.75) is 31.7 Å². The van der Waals surface area contributed by atoms with Crippen molar-refractivity contribution in [1.29, 1.82) is 0 Å². The Morgan fingerprint density at radius 1 is 1.44 bits per heavy atom. The molecule has 92 valence electrons. The summed E-state index contributed by atoms with van der Waals surface area (Å²) in [5.41, 5.74) is 2.63. The maximum absolute atomic E-state index is 5.45. The highest BCUT2D eigenvalue weighted by atomic mass is 16.5. The SMILES string of the molecule is COCCN=C(NN)NC1CC2CCC1C2. The first-order valence-corrected chi connectivity index (χ1v) is 6.10. The number of nitrogens with two attached hydrogens (primary N) is 1. The second-order valence-corrected chi connectivity index (χ2v) is 4.79. The van der Waals surface area contributed by atoms with Crippen molar-refractivity contribution in [3.63, 3.8) is 0 Å². The van der Waals surface area contributed by atoms with Crippen LogP contribution in [-0.2, 0) is 4.74 Å². The summed E-state index contributed by atoms with van der Waals surface area (Å²) in [5, 5.41) is 3.41. The predicted molar refractivity (Wildman–Crippen MR) is 63.9 cm³/mol. The minimum Gasteiger partial charge on any atom is -0.383 e. The molecule has 0 aromatic rings. The van der Waals surface area contributed by atoms with Crippen LogP contribution in [-0.4, -0.2) is 32.3 Å². The smallest absolute Gasteiger partial charge is 0.206 e. The first-order chi connectivity index (χ1) is 7.83. The molecule has 5 heteroatoms. The zero-order valence-corrected chi connectivity index (χ0v) is 9.91. The second kappa shape index (κ2) is 5.50. The molecule has 0 spiro atoms. The van der Waals surface area contributed by atoms with Gasteiger partial charge in [0.25, 0.3) is 0 Å². The molecule has 0 radical (unpaired) electrons. The third kappa shape index (κ3) is 2.65. The van der Waals surface area contributed by atoms with Gasteiger partial charge in [0, 0.05) is 13.2 Å². The molecule has 2 bridgehead atoms. The van der Waals surface area contributed by atoms with Gasteiger partial charge in [-0.1, -0.05) is 6.42 Å². The molecule has 2 rings (SSSR count). The largest absolute Gasteiger partial charge is 0.383 e. The number of nitrogens with zero attached hydrogens (tertiary/aromatic N) is 1. The van der Waals surface area contributed by atoms with Gasteiger partial charge < -0.3 is 10.1 Å². The number of ether oxygens (including phenoxy) is 1. The highest BCUT2D eigenvalue weighted by Crippen LogP contribution is 2.44. The molecule has 2 saturated carbocycles. The van der Waals surface area contributed by atoms with E-state index in [1.54, 1.807) is 7.11 Å². The van der Waals surface area contributed by atoms with Crippen LogP contribution in [0.15, 0.2) is 4.99 Å². The fraction of sp³-hybridized carbons (Fsp3) is 0.909. The fourth-order valence-electron chi connectivity index (χ4n) is 2.98. The minimum atomic E-state index is 0.566. The summed E-state index contributed by atoms with van der Waals surface area (Å²) in [5.74, 6) is 7.91. The second-order valence-electron chi connectivity index (χ2n) is 4.79. The standard InChI is InChI=1S/C11H22N4O/c1-16-5-4-13-11(15-12)14-10-7-8-2-3-9(10)6-8/h8-10H,2-7,12H2,1H3,(H2,13,14,15). The lowest BCUT2D eigenvalue weighted by Gasteiger charge is -2.24. The fourth-order valence-corrected chi connectivity index (χ4v) is 2.98. The van der Waals surface area contributed by atoms with E-state index in [1.165, 1.54) is 25.7 Å². The van der Waals surface area contributed by atoms with E-state index in [0.29, 0.717) is 25.2 Å². The molecule has 0 aromatic heterocycles. The number of nitrogens with one attached hydrogen (secondary N) is 2. The molecule has 0 heterocycles. The molecule has 3 unspecified atom stereocenters. The Bertz CT molecular complexity index is 256. The van der Waals surface area contributed by atoms with Gasteiger partial charge in [-0.3, -0.25) is 5.43 Å². The molecule has 2 fully saturated rings. The zero-order chi connectivity index (χ0) is 11.4. The number of fused-ring (bicyclic) bond motifs is 2. The lowest BCUT2D eigenvalue weighted by molar-refractivity contribution is 0.207. The van der Waals surface area contributed by atoms with Crippen LogP contribution < -0.4 is 16.6 Å². The van der Waals surface area contributed by atoms with Crippen molar-refractivity contribution in [3.05, 3.63) is 0 Å². The van der Waals surface area contributed by atoms with E-state index >= 15 is 0 Å². The van der Waals surface area contributed by atoms with Crippen LogP contribution >= 0.6 is 0 Å². The first kappa shape index (κ1) is 11.7. The number of aliphatic imine (C=N–C) groups is 1. The van der Waals surface area contributed by atoms with Crippen molar-refractivity contribution in [3.8, 4) is 0 Å². The van der Waals surface area contributed by atoms with E-state index in [0.717, 1.165) is 11.8 Å². The van der Waals surface area contributed by atoms with Gasteiger partial charge in [-0.15, -0.1) is 0 Å². The summed E-state index contributed by atoms with van der Waals surface area (Å²) in [6.07, 6.45) is 5.43. The number of hydrogen-bond donors (Lipinski definition) is 3. The van der Waals surface area contributed by atoms with E-state index in [4.69, 9.17) is 10.6 Å². The third-order valence-electron chi connectivity index (χ3n) is 3.76. The highest BCUT2D eigenvalue weighted by Gasteiger charge is 2.39. The van der Waals surface area contributed by atoms with Crippen LogP contribution in [0.3, 0.4) is 0 Å². The summed E-state index contributed by atoms with van der Waals surface area (Å²) in [6.45, 7) is 1.27. The predicted octanol–water partition coefficient (Wildman–Crippen LogP) is 0.230. The summed E-state index contributed by atoms with van der Waals surface area (Å²) < 4.78 is 4.95. The molecule has 0 aliphatic heterocycles. The Kier molecular flexibility index (Phi) is 4.01.